The van der Waals surface area contributed by atoms with Gasteiger partial charge in [-0.3, -0.25) is 0 Å². The van der Waals surface area contributed by atoms with Crippen molar-refractivity contribution in [1.82, 2.24) is 9.55 Å². The topological polar surface area (TPSA) is 38.0 Å². The average Bonchev–Trinajstić information content (AvgIpc) is 2.73. The van der Waals surface area contributed by atoms with E-state index in [0.717, 1.165) is 30.8 Å². The molecule has 0 saturated heterocycles. The van der Waals surface area contributed by atoms with Gasteiger partial charge in [0.05, 0.1) is 11.8 Å². The third kappa shape index (κ3) is 2.18. The Morgan fingerprint density at radius 2 is 2.22 bits per heavy atom. The van der Waals surface area contributed by atoms with Gasteiger partial charge >= 0.3 is 0 Å². The molecule has 3 rings (SSSR count). The predicted octanol–water partition coefficient (Wildman–Crippen LogP) is 2.09. The summed E-state index contributed by atoms with van der Waals surface area (Å²) < 4.78 is 2.10. The molecular weight excluding hydrogens is 224 g/mol. The standard InChI is InChI=1S/C15H18N2O/c1-11-4-2-3-5-12(11)8-13-9-17-10-14(18)6-7-15(17)16-13/h2-5,9,14,18H,6-8,10H2,1H3. The molecule has 0 amide bonds. The summed E-state index contributed by atoms with van der Waals surface area (Å²) in [6, 6.07) is 8.42. The first-order chi connectivity index (χ1) is 8.72. The lowest BCUT2D eigenvalue weighted by Gasteiger charge is -2.18. The van der Waals surface area contributed by atoms with Gasteiger partial charge in [0.1, 0.15) is 5.82 Å². The Morgan fingerprint density at radius 1 is 1.39 bits per heavy atom. The number of aryl methyl sites for hydroxylation is 2. The van der Waals surface area contributed by atoms with Crippen molar-refractivity contribution in [1.29, 1.82) is 0 Å². The van der Waals surface area contributed by atoms with E-state index in [1.807, 2.05) is 0 Å². The number of aliphatic hydroxyl groups excluding tert-OH is 1. The van der Waals surface area contributed by atoms with Crippen LogP contribution in [0, 0.1) is 6.92 Å². The zero-order chi connectivity index (χ0) is 12.5. The monoisotopic (exact) mass is 242 g/mol. The molecule has 1 aromatic heterocycles. The van der Waals surface area contributed by atoms with Crippen LogP contribution in [0.3, 0.4) is 0 Å². The van der Waals surface area contributed by atoms with Gasteiger partial charge in [-0.1, -0.05) is 24.3 Å². The molecule has 0 spiro atoms. The van der Waals surface area contributed by atoms with Crippen LogP contribution in [0.15, 0.2) is 30.5 Å². The molecule has 0 fully saturated rings. The minimum Gasteiger partial charge on any atom is -0.391 e. The van der Waals surface area contributed by atoms with Gasteiger partial charge in [0, 0.05) is 25.6 Å². The molecule has 0 saturated carbocycles. The number of benzene rings is 1. The zero-order valence-electron chi connectivity index (χ0n) is 10.6. The molecule has 1 aliphatic rings. The summed E-state index contributed by atoms with van der Waals surface area (Å²) in [7, 11) is 0. The number of aromatic nitrogens is 2. The molecule has 3 heteroatoms. The van der Waals surface area contributed by atoms with E-state index in [2.05, 4.69) is 46.9 Å². The number of fused-ring (bicyclic) bond motifs is 1. The first kappa shape index (κ1) is 11.5. The molecule has 1 aliphatic heterocycles. The van der Waals surface area contributed by atoms with Gasteiger partial charge in [-0.2, -0.15) is 0 Å². The van der Waals surface area contributed by atoms with Crippen molar-refractivity contribution in [2.45, 2.75) is 38.8 Å². The Labute approximate surface area is 107 Å². The van der Waals surface area contributed by atoms with E-state index in [4.69, 9.17) is 0 Å². The molecule has 2 aromatic rings. The lowest BCUT2D eigenvalue weighted by atomic mass is 10.0. The summed E-state index contributed by atoms with van der Waals surface area (Å²) in [5.74, 6) is 1.11. The van der Waals surface area contributed by atoms with Crippen LogP contribution in [0.4, 0.5) is 0 Å². The van der Waals surface area contributed by atoms with Gasteiger partial charge in [0.2, 0.25) is 0 Å². The Kier molecular flexibility index (Phi) is 2.92. The molecule has 0 radical (unpaired) electrons. The number of nitrogens with zero attached hydrogens (tertiary/aromatic N) is 2. The van der Waals surface area contributed by atoms with Crippen LogP contribution in [0.25, 0.3) is 0 Å². The molecule has 3 nitrogen and oxygen atoms in total. The van der Waals surface area contributed by atoms with Crippen molar-refractivity contribution >= 4 is 0 Å². The van der Waals surface area contributed by atoms with Crippen LogP contribution in [-0.2, 0) is 19.4 Å². The van der Waals surface area contributed by atoms with Crippen molar-refractivity contribution in [3.63, 3.8) is 0 Å². The second kappa shape index (κ2) is 4.58. The fourth-order valence-corrected chi connectivity index (χ4v) is 2.57. The highest BCUT2D eigenvalue weighted by Crippen LogP contribution is 2.18. The Balaban J connectivity index is 1.84. The summed E-state index contributed by atoms with van der Waals surface area (Å²) in [5, 5.41) is 9.65. The molecule has 2 heterocycles. The van der Waals surface area contributed by atoms with E-state index in [1.165, 1.54) is 11.1 Å². The summed E-state index contributed by atoms with van der Waals surface area (Å²) in [6.07, 6.45) is 4.47. The van der Waals surface area contributed by atoms with Crippen LogP contribution in [0.1, 0.15) is 29.1 Å². The van der Waals surface area contributed by atoms with Crippen LogP contribution in [0.2, 0.25) is 0 Å². The van der Waals surface area contributed by atoms with Crippen molar-refractivity contribution < 1.29 is 5.11 Å². The quantitative estimate of drug-likeness (QED) is 0.875. The number of aliphatic hydroxyl groups is 1. The van der Waals surface area contributed by atoms with Gasteiger partial charge in [-0.15, -0.1) is 0 Å². The molecule has 1 unspecified atom stereocenters. The maximum Gasteiger partial charge on any atom is 0.109 e. The molecule has 0 bridgehead atoms. The molecule has 94 valence electrons. The fourth-order valence-electron chi connectivity index (χ4n) is 2.57. The highest BCUT2D eigenvalue weighted by atomic mass is 16.3. The van der Waals surface area contributed by atoms with E-state index < -0.39 is 0 Å². The molecule has 1 aromatic carbocycles. The maximum atomic E-state index is 9.65. The number of imidazole rings is 1. The Bertz CT molecular complexity index is 559. The SMILES string of the molecule is Cc1ccccc1Cc1cn2c(n1)CCC(O)C2. The van der Waals surface area contributed by atoms with E-state index in [1.54, 1.807) is 0 Å². The van der Waals surface area contributed by atoms with Crippen LogP contribution >= 0.6 is 0 Å². The lowest BCUT2D eigenvalue weighted by Crippen LogP contribution is -2.23. The van der Waals surface area contributed by atoms with E-state index in [0.29, 0.717) is 6.54 Å². The molecular formula is C15H18N2O. The summed E-state index contributed by atoms with van der Waals surface area (Å²) in [6.45, 7) is 2.82. The Morgan fingerprint density at radius 3 is 3.06 bits per heavy atom. The van der Waals surface area contributed by atoms with Gasteiger partial charge in [-0.25, -0.2) is 4.98 Å². The van der Waals surface area contributed by atoms with Gasteiger partial charge in [0.25, 0.3) is 0 Å². The van der Waals surface area contributed by atoms with E-state index in [-0.39, 0.29) is 6.10 Å². The van der Waals surface area contributed by atoms with E-state index >= 15 is 0 Å². The number of rotatable bonds is 2. The average molecular weight is 242 g/mol. The Hall–Kier alpha value is -1.61. The van der Waals surface area contributed by atoms with Gasteiger partial charge in [0.15, 0.2) is 0 Å². The zero-order valence-corrected chi connectivity index (χ0v) is 10.6. The minimum absolute atomic E-state index is 0.210. The number of hydrogen-bond acceptors (Lipinski definition) is 2. The summed E-state index contributed by atoms with van der Waals surface area (Å²) in [4.78, 5) is 4.67. The molecule has 18 heavy (non-hydrogen) atoms. The minimum atomic E-state index is -0.210. The summed E-state index contributed by atoms with van der Waals surface area (Å²) in [5.41, 5.74) is 3.74. The van der Waals surface area contributed by atoms with Crippen molar-refractivity contribution in [2.75, 3.05) is 0 Å². The van der Waals surface area contributed by atoms with Crippen molar-refractivity contribution in [2.24, 2.45) is 0 Å². The second-order valence-electron chi connectivity index (χ2n) is 5.10. The van der Waals surface area contributed by atoms with Crippen LogP contribution in [-0.4, -0.2) is 20.8 Å². The third-order valence-corrected chi connectivity index (χ3v) is 3.65. The first-order valence-electron chi connectivity index (χ1n) is 6.50. The molecule has 0 aliphatic carbocycles. The van der Waals surface area contributed by atoms with Gasteiger partial charge in [-0.05, 0) is 24.5 Å². The summed E-state index contributed by atoms with van der Waals surface area (Å²) >= 11 is 0. The lowest BCUT2D eigenvalue weighted by molar-refractivity contribution is 0.130. The largest absolute Gasteiger partial charge is 0.391 e. The van der Waals surface area contributed by atoms with Gasteiger partial charge < -0.3 is 9.67 Å². The van der Waals surface area contributed by atoms with Crippen LogP contribution < -0.4 is 0 Å². The maximum absolute atomic E-state index is 9.65. The fraction of sp³-hybridized carbons (Fsp3) is 0.400. The van der Waals surface area contributed by atoms with Crippen molar-refractivity contribution in [3.8, 4) is 0 Å². The first-order valence-corrected chi connectivity index (χ1v) is 6.50. The second-order valence-corrected chi connectivity index (χ2v) is 5.10. The van der Waals surface area contributed by atoms with E-state index in [9.17, 15) is 5.11 Å². The predicted molar refractivity (Wildman–Crippen MR) is 70.5 cm³/mol. The molecule has 1 atom stereocenters. The van der Waals surface area contributed by atoms with Crippen LogP contribution in [0.5, 0.6) is 0 Å². The third-order valence-electron chi connectivity index (χ3n) is 3.65. The highest BCUT2D eigenvalue weighted by Gasteiger charge is 2.18. The molecule has 1 N–H and O–H groups in total. The normalized spacial score (nSPS) is 18.7. The highest BCUT2D eigenvalue weighted by molar-refractivity contribution is 5.29. The van der Waals surface area contributed by atoms with Crippen molar-refractivity contribution in [3.05, 3.63) is 53.1 Å². The smallest absolute Gasteiger partial charge is 0.109 e. The number of hydrogen-bond donors (Lipinski definition) is 1.